The lowest BCUT2D eigenvalue weighted by Gasteiger charge is -2.19. The van der Waals surface area contributed by atoms with Crippen LogP contribution < -0.4 is 11.1 Å². The second kappa shape index (κ2) is 7.90. The van der Waals surface area contributed by atoms with Crippen molar-refractivity contribution in [2.45, 2.75) is 6.18 Å². The number of alkyl halides is 3. The summed E-state index contributed by atoms with van der Waals surface area (Å²) in [6, 6.07) is 16.5. The van der Waals surface area contributed by atoms with Crippen molar-refractivity contribution in [1.82, 2.24) is 20.6 Å². The van der Waals surface area contributed by atoms with Crippen molar-refractivity contribution in [3.8, 4) is 33.6 Å². The predicted molar refractivity (Wildman–Crippen MR) is 109 cm³/mol. The second-order valence-corrected chi connectivity index (χ2v) is 6.58. The average molecular weight is 424 g/mol. The van der Waals surface area contributed by atoms with Gasteiger partial charge in [0, 0.05) is 5.56 Å². The van der Waals surface area contributed by atoms with Gasteiger partial charge in [-0.25, -0.2) is 4.79 Å². The molecule has 0 saturated carbocycles. The van der Waals surface area contributed by atoms with E-state index >= 15 is 0 Å². The highest BCUT2D eigenvalue weighted by Gasteiger charge is 2.31. The van der Waals surface area contributed by atoms with Crippen LogP contribution in [0.5, 0.6) is 0 Å². The molecule has 0 unspecified atom stereocenters. The molecular formula is C21H15F3N6O. The van der Waals surface area contributed by atoms with E-state index in [2.05, 4.69) is 25.9 Å². The minimum atomic E-state index is -4.53. The molecule has 0 aliphatic rings. The van der Waals surface area contributed by atoms with Gasteiger partial charge in [-0.15, -0.1) is 10.2 Å². The van der Waals surface area contributed by atoms with Crippen LogP contribution in [0.25, 0.3) is 33.6 Å². The maximum atomic E-state index is 13.4. The molecule has 1 aromatic heterocycles. The van der Waals surface area contributed by atoms with Gasteiger partial charge in [0.25, 0.3) is 0 Å². The van der Waals surface area contributed by atoms with Crippen LogP contribution in [0.2, 0.25) is 0 Å². The van der Waals surface area contributed by atoms with E-state index in [1.54, 1.807) is 18.2 Å². The third-order valence-corrected chi connectivity index (χ3v) is 4.60. The van der Waals surface area contributed by atoms with Crippen LogP contribution in [0.15, 0.2) is 66.7 Å². The maximum absolute atomic E-state index is 13.4. The number of aromatic nitrogens is 4. The summed E-state index contributed by atoms with van der Waals surface area (Å²) in [6.07, 6.45) is -4.53. The van der Waals surface area contributed by atoms with Crippen LogP contribution in [0.4, 0.5) is 23.7 Å². The predicted octanol–water partition coefficient (Wildman–Crippen LogP) is 4.71. The monoisotopic (exact) mass is 424 g/mol. The summed E-state index contributed by atoms with van der Waals surface area (Å²) in [7, 11) is 0. The third-order valence-electron chi connectivity index (χ3n) is 4.60. The number of urea groups is 1. The zero-order chi connectivity index (χ0) is 22.0. The number of nitrogens with two attached hydrogens (primary N) is 1. The Morgan fingerprint density at radius 1 is 0.935 bits per heavy atom. The van der Waals surface area contributed by atoms with Crippen molar-refractivity contribution >= 4 is 11.7 Å². The number of rotatable bonds is 4. The SMILES string of the molecule is NC(=O)Nc1ccc(-c2ccccc2)c(-c2cccc(C(F)(F)F)c2)c1-c1nn[nH]n1. The standard InChI is InChI=1S/C21H15F3N6O/c22-21(23,24)14-8-4-7-13(11-14)17-15(12-5-2-1-3-6-12)9-10-16(26-20(25)31)18(17)19-27-29-30-28-19/h1-11H,(H3,25,26,31)(H,27,28,29,30). The highest BCUT2D eigenvalue weighted by molar-refractivity contribution is 6.02. The number of carbonyl (C=O) groups excluding carboxylic acids is 1. The van der Waals surface area contributed by atoms with Crippen molar-refractivity contribution in [2.75, 3.05) is 5.32 Å². The van der Waals surface area contributed by atoms with Crippen LogP contribution in [0.3, 0.4) is 0 Å². The number of carbonyl (C=O) groups is 1. The van der Waals surface area contributed by atoms with Gasteiger partial charge in [0.1, 0.15) is 0 Å². The number of tetrazole rings is 1. The minimum absolute atomic E-state index is 0.0916. The number of hydrogen-bond acceptors (Lipinski definition) is 4. The average Bonchev–Trinajstić information content (AvgIpc) is 3.27. The van der Waals surface area contributed by atoms with E-state index in [1.807, 2.05) is 30.3 Å². The normalized spacial score (nSPS) is 11.3. The quantitative estimate of drug-likeness (QED) is 0.441. The first-order valence-corrected chi connectivity index (χ1v) is 9.05. The Bertz CT molecular complexity index is 1220. The molecule has 7 nitrogen and oxygen atoms in total. The van der Waals surface area contributed by atoms with Gasteiger partial charge in [-0.05, 0) is 40.1 Å². The number of halogens is 3. The molecular weight excluding hydrogens is 409 g/mol. The number of primary amides is 1. The van der Waals surface area contributed by atoms with Gasteiger partial charge in [0.2, 0.25) is 5.82 Å². The zero-order valence-electron chi connectivity index (χ0n) is 15.8. The Kier molecular flexibility index (Phi) is 5.12. The largest absolute Gasteiger partial charge is 0.416 e. The van der Waals surface area contributed by atoms with E-state index in [1.165, 1.54) is 6.07 Å². The molecule has 1 heterocycles. The van der Waals surface area contributed by atoms with Gasteiger partial charge in [-0.3, -0.25) is 0 Å². The van der Waals surface area contributed by atoms with Crippen LogP contribution in [0.1, 0.15) is 5.56 Å². The van der Waals surface area contributed by atoms with Gasteiger partial charge in [-0.1, -0.05) is 48.5 Å². The van der Waals surface area contributed by atoms with Crippen molar-refractivity contribution in [3.05, 3.63) is 72.3 Å². The van der Waals surface area contributed by atoms with E-state index in [-0.39, 0.29) is 22.6 Å². The molecule has 3 aromatic carbocycles. The zero-order valence-corrected chi connectivity index (χ0v) is 15.8. The highest BCUT2D eigenvalue weighted by atomic mass is 19.4. The first kappa shape index (κ1) is 20.1. The van der Waals surface area contributed by atoms with Gasteiger partial charge in [0.15, 0.2) is 0 Å². The molecule has 0 fully saturated rings. The molecule has 0 spiro atoms. The lowest BCUT2D eigenvalue weighted by Crippen LogP contribution is -2.20. The number of hydrogen-bond donors (Lipinski definition) is 3. The minimum Gasteiger partial charge on any atom is -0.351 e. The number of H-pyrrole nitrogens is 1. The van der Waals surface area contributed by atoms with E-state index in [0.29, 0.717) is 11.1 Å². The molecule has 0 saturated heterocycles. The van der Waals surface area contributed by atoms with Crippen LogP contribution in [-0.2, 0) is 6.18 Å². The molecule has 0 atom stereocenters. The Morgan fingerprint density at radius 3 is 2.32 bits per heavy atom. The molecule has 4 rings (SSSR count). The Labute approximate surface area is 174 Å². The van der Waals surface area contributed by atoms with Gasteiger partial charge in [-0.2, -0.15) is 18.4 Å². The Morgan fingerprint density at radius 2 is 1.68 bits per heavy atom. The van der Waals surface area contributed by atoms with Gasteiger partial charge >= 0.3 is 12.2 Å². The van der Waals surface area contributed by atoms with Gasteiger partial charge in [0.05, 0.1) is 16.8 Å². The Balaban J connectivity index is 2.08. The molecule has 4 aromatic rings. The topological polar surface area (TPSA) is 110 Å². The van der Waals surface area contributed by atoms with E-state index in [9.17, 15) is 18.0 Å². The summed E-state index contributed by atoms with van der Waals surface area (Å²) < 4.78 is 40.3. The summed E-state index contributed by atoms with van der Waals surface area (Å²) in [5.41, 5.74) is 7.05. The van der Waals surface area contributed by atoms with E-state index in [4.69, 9.17) is 5.73 Å². The summed E-state index contributed by atoms with van der Waals surface area (Å²) in [4.78, 5) is 11.6. The molecule has 0 radical (unpaired) electrons. The van der Waals surface area contributed by atoms with Crippen LogP contribution in [-0.4, -0.2) is 26.7 Å². The fraction of sp³-hybridized carbons (Fsp3) is 0.0476. The number of nitrogens with one attached hydrogen (secondary N) is 2. The van der Waals surface area contributed by atoms with E-state index in [0.717, 1.165) is 17.7 Å². The van der Waals surface area contributed by atoms with Crippen LogP contribution in [0, 0.1) is 0 Å². The number of nitrogens with zero attached hydrogens (tertiary/aromatic N) is 3. The molecule has 10 heteroatoms. The van der Waals surface area contributed by atoms with Crippen molar-refractivity contribution in [3.63, 3.8) is 0 Å². The highest BCUT2D eigenvalue weighted by Crippen LogP contribution is 2.44. The van der Waals surface area contributed by atoms with E-state index < -0.39 is 17.8 Å². The second-order valence-electron chi connectivity index (χ2n) is 6.58. The molecule has 0 aliphatic heterocycles. The van der Waals surface area contributed by atoms with Crippen molar-refractivity contribution < 1.29 is 18.0 Å². The maximum Gasteiger partial charge on any atom is 0.416 e. The number of anilines is 1. The number of amides is 2. The molecule has 0 bridgehead atoms. The summed E-state index contributed by atoms with van der Waals surface area (Å²) in [5.74, 6) is 0.0916. The molecule has 31 heavy (non-hydrogen) atoms. The Hall–Kier alpha value is -4.21. The summed E-state index contributed by atoms with van der Waals surface area (Å²) in [6.45, 7) is 0. The lowest BCUT2D eigenvalue weighted by molar-refractivity contribution is -0.137. The number of benzene rings is 3. The fourth-order valence-electron chi connectivity index (χ4n) is 3.35. The number of aromatic amines is 1. The molecule has 0 aliphatic carbocycles. The third kappa shape index (κ3) is 4.08. The molecule has 2 amide bonds. The molecule has 4 N–H and O–H groups in total. The van der Waals surface area contributed by atoms with Gasteiger partial charge < -0.3 is 11.1 Å². The van der Waals surface area contributed by atoms with Crippen molar-refractivity contribution in [2.24, 2.45) is 5.73 Å². The smallest absolute Gasteiger partial charge is 0.351 e. The molecule has 156 valence electrons. The summed E-state index contributed by atoms with van der Waals surface area (Å²) in [5, 5.41) is 16.3. The summed E-state index contributed by atoms with van der Waals surface area (Å²) >= 11 is 0. The lowest BCUT2D eigenvalue weighted by atomic mass is 9.88. The fourth-order valence-corrected chi connectivity index (χ4v) is 3.35. The first-order valence-electron chi connectivity index (χ1n) is 9.05. The van der Waals surface area contributed by atoms with Crippen LogP contribution >= 0.6 is 0 Å². The van der Waals surface area contributed by atoms with Crippen molar-refractivity contribution in [1.29, 1.82) is 0 Å². The first-order chi connectivity index (χ1) is 14.8.